The number of ether oxygens (including phenoxy) is 1. The van der Waals surface area contributed by atoms with Gasteiger partial charge in [0, 0.05) is 18.1 Å². The van der Waals surface area contributed by atoms with Gasteiger partial charge in [0.05, 0.1) is 12.6 Å². The summed E-state index contributed by atoms with van der Waals surface area (Å²) in [5.41, 5.74) is 2.95. The van der Waals surface area contributed by atoms with Crippen molar-refractivity contribution in [2.45, 2.75) is 6.92 Å². The molecule has 0 N–H and O–H groups in total. The lowest BCUT2D eigenvalue weighted by molar-refractivity contribution is 0.415. The number of methoxy groups -OCH3 is 1. The van der Waals surface area contributed by atoms with Crippen LogP contribution in [-0.4, -0.2) is 24.1 Å². The summed E-state index contributed by atoms with van der Waals surface area (Å²) in [5.74, 6) is 1.60. The number of anilines is 2. The smallest absolute Gasteiger partial charge is 0.224 e. The van der Waals surface area contributed by atoms with E-state index in [4.69, 9.17) is 16.3 Å². The fraction of sp³-hybridized carbons (Fsp3) is 0.176. The number of hydrogen-bond acceptors (Lipinski definition) is 4. The fourth-order valence-corrected chi connectivity index (χ4v) is 2.60. The molecule has 0 fully saturated rings. The maximum atomic E-state index is 6.11. The van der Waals surface area contributed by atoms with E-state index >= 15 is 0 Å². The first-order valence-electron chi connectivity index (χ1n) is 6.91. The molecule has 2 aromatic carbocycles. The summed E-state index contributed by atoms with van der Waals surface area (Å²) in [6.45, 7) is 2.02. The normalized spacial score (nSPS) is 10.7. The lowest BCUT2D eigenvalue weighted by Gasteiger charge is -2.20. The number of para-hydroxylation sites is 1. The molecule has 0 bridgehead atoms. The van der Waals surface area contributed by atoms with Crippen LogP contribution >= 0.6 is 11.6 Å². The van der Waals surface area contributed by atoms with Crippen molar-refractivity contribution in [3.8, 4) is 5.75 Å². The highest BCUT2D eigenvalue weighted by molar-refractivity contribution is 6.29. The van der Waals surface area contributed by atoms with Crippen LogP contribution in [0.25, 0.3) is 10.9 Å². The molecule has 0 aliphatic heterocycles. The van der Waals surface area contributed by atoms with Crippen molar-refractivity contribution in [2.24, 2.45) is 0 Å². The molecule has 5 heteroatoms. The van der Waals surface area contributed by atoms with E-state index in [0.717, 1.165) is 33.7 Å². The van der Waals surface area contributed by atoms with E-state index in [0.29, 0.717) is 0 Å². The zero-order valence-electron chi connectivity index (χ0n) is 12.7. The molecule has 0 aliphatic carbocycles. The molecule has 0 spiro atoms. The Morgan fingerprint density at radius 2 is 1.77 bits per heavy atom. The molecular formula is C17H16ClN3O. The summed E-state index contributed by atoms with van der Waals surface area (Å²) in [6, 6.07) is 13.8. The molecule has 3 rings (SSSR count). The van der Waals surface area contributed by atoms with E-state index in [9.17, 15) is 0 Å². The highest BCUT2D eigenvalue weighted by Gasteiger charge is 2.13. The van der Waals surface area contributed by atoms with Crippen LogP contribution in [0, 0.1) is 6.92 Å². The second-order valence-electron chi connectivity index (χ2n) is 5.04. The number of benzene rings is 2. The van der Waals surface area contributed by atoms with Gasteiger partial charge in [-0.25, -0.2) is 4.98 Å². The van der Waals surface area contributed by atoms with Gasteiger partial charge in [0.25, 0.3) is 0 Å². The summed E-state index contributed by atoms with van der Waals surface area (Å²) in [4.78, 5) is 10.8. The van der Waals surface area contributed by atoms with Crippen molar-refractivity contribution in [1.29, 1.82) is 0 Å². The third-order valence-electron chi connectivity index (χ3n) is 3.66. The Balaban J connectivity index is 2.13. The molecule has 0 atom stereocenters. The number of rotatable bonds is 3. The molecule has 1 heterocycles. The Hall–Kier alpha value is -2.33. The average Bonchev–Trinajstić information content (AvgIpc) is 2.54. The molecular weight excluding hydrogens is 298 g/mol. The minimum atomic E-state index is 0.247. The van der Waals surface area contributed by atoms with Gasteiger partial charge in [-0.3, -0.25) is 0 Å². The Kier molecular flexibility index (Phi) is 3.86. The third kappa shape index (κ3) is 2.57. The number of hydrogen-bond donors (Lipinski definition) is 0. The van der Waals surface area contributed by atoms with Crippen molar-refractivity contribution < 1.29 is 4.74 Å². The molecule has 0 aliphatic rings. The van der Waals surface area contributed by atoms with Crippen LogP contribution in [0.15, 0.2) is 42.5 Å². The third-order valence-corrected chi connectivity index (χ3v) is 3.83. The number of fused-ring (bicyclic) bond motifs is 1. The van der Waals surface area contributed by atoms with E-state index in [1.165, 1.54) is 0 Å². The van der Waals surface area contributed by atoms with Gasteiger partial charge in [-0.15, -0.1) is 0 Å². The van der Waals surface area contributed by atoms with E-state index in [1.807, 2.05) is 61.3 Å². The standard InChI is InChI=1S/C17H16ClN3O/c1-11-5-4-6-14-15(11)19-17(18)20-16(14)21(2)12-7-9-13(22-3)10-8-12/h4-10H,1-3H3. The molecule has 112 valence electrons. The summed E-state index contributed by atoms with van der Waals surface area (Å²) in [6.07, 6.45) is 0. The fourth-order valence-electron chi connectivity index (χ4n) is 2.44. The predicted octanol–water partition coefficient (Wildman–Crippen LogP) is 4.37. The van der Waals surface area contributed by atoms with Gasteiger partial charge >= 0.3 is 0 Å². The molecule has 3 aromatic rings. The van der Waals surface area contributed by atoms with Gasteiger partial charge in [-0.2, -0.15) is 4.98 Å². The molecule has 0 amide bonds. The maximum absolute atomic E-state index is 6.11. The average molecular weight is 314 g/mol. The molecule has 0 saturated heterocycles. The molecule has 0 saturated carbocycles. The monoisotopic (exact) mass is 313 g/mol. The molecule has 0 radical (unpaired) electrons. The van der Waals surface area contributed by atoms with Crippen LogP contribution in [0.3, 0.4) is 0 Å². The minimum Gasteiger partial charge on any atom is -0.497 e. The van der Waals surface area contributed by atoms with Gasteiger partial charge in [0.2, 0.25) is 5.28 Å². The lowest BCUT2D eigenvalue weighted by Crippen LogP contribution is -2.12. The van der Waals surface area contributed by atoms with Crippen LogP contribution in [0.4, 0.5) is 11.5 Å². The van der Waals surface area contributed by atoms with Crippen LogP contribution in [0.5, 0.6) is 5.75 Å². The lowest BCUT2D eigenvalue weighted by atomic mass is 10.1. The second kappa shape index (κ2) is 5.81. The molecule has 0 unspecified atom stereocenters. The Labute approximate surface area is 134 Å². The predicted molar refractivity (Wildman–Crippen MR) is 90.3 cm³/mol. The van der Waals surface area contributed by atoms with Crippen molar-refractivity contribution in [2.75, 3.05) is 19.1 Å². The zero-order chi connectivity index (χ0) is 15.7. The van der Waals surface area contributed by atoms with Crippen LogP contribution in [0.1, 0.15) is 5.56 Å². The molecule has 22 heavy (non-hydrogen) atoms. The van der Waals surface area contributed by atoms with Crippen molar-refractivity contribution in [3.63, 3.8) is 0 Å². The van der Waals surface area contributed by atoms with Crippen LogP contribution < -0.4 is 9.64 Å². The highest BCUT2D eigenvalue weighted by atomic mass is 35.5. The first-order chi connectivity index (χ1) is 10.6. The largest absolute Gasteiger partial charge is 0.497 e. The maximum Gasteiger partial charge on any atom is 0.224 e. The summed E-state index contributed by atoms with van der Waals surface area (Å²) < 4.78 is 5.19. The van der Waals surface area contributed by atoms with E-state index < -0.39 is 0 Å². The van der Waals surface area contributed by atoms with Gasteiger partial charge in [0.1, 0.15) is 11.6 Å². The van der Waals surface area contributed by atoms with Gasteiger partial charge in [0.15, 0.2) is 0 Å². The number of aryl methyl sites for hydroxylation is 1. The summed E-state index contributed by atoms with van der Waals surface area (Å²) >= 11 is 6.11. The quantitative estimate of drug-likeness (QED) is 0.673. The SMILES string of the molecule is COc1ccc(N(C)c2nc(Cl)nc3c(C)cccc23)cc1. The van der Waals surface area contributed by atoms with Crippen LogP contribution in [-0.2, 0) is 0 Å². The minimum absolute atomic E-state index is 0.247. The molecule has 4 nitrogen and oxygen atoms in total. The second-order valence-corrected chi connectivity index (χ2v) is 5.38. The summed E-state index contributed by atoms with van der Waals surface area (Å²) in [7, 11) is 3.61. The van der Waals surface area contributed by atoms with Gasteiger partial charge < -0.3 is 9.64 Å². The topological polar surface area (TPSA) is 38.2 Å². The molecule has 1 aromatic heterocycles. The Morgan fingerprint density at radius 1 is 1.05 bits per heavy atom. The first-order valence-corrected chi connectivity index (χ1v) is 7.28. The van der Waals surface area contributed by atoms with Crippen molar-refractivity contribution >= 4 is 34.0 Å². The van der Waals surface area contributed by atoms with E-state index in [2.05, 4.69) is 9.97 Å². The van der Waals surface area contributed by atoms with Crippen molar-refractivity contribution in [3.05, 3.63) is 53.3 Å². The Bertz CT molecular complexity index is 818. The Morgan fingerprint density at radius 3 is 2.45 bits per heavy atom. The van der Waals surface area contributed by atoms with Crippen molar-refractivity contribution in [1.82, 2.24) is 9.97 Å². The van der Waals surface area contributed by atoms with Gasteiger partial charge in [-0.05, 0) is 54.4 Å². The number of aromatic nitrogens is 2. The number of nitrogens with zero attached hydrogens (tertiary/aromatic N) is 3. The number of halogens is 1. The van der Waals surface area contributed by atoms with E-state index in [1.54, 1.807) is 7.11 Å². The highest BCUT2D eigenvalue weighted by Crippen LogP contribution is 2.31. The van der Waals surface area contributed by atoms with E-state index in [-0.39, 0.29) is 5.28 Å². The summed E-state index contributed by atoms with van der Waals surface area (Å²) in [5, 5.41) is 1.22. The van der Waals surface area contributed by atoms with Gasteiger partial charge in [-0.1, -0.05) is 12.1 Å². The first kappa shape index (κ1) is 14.6. The zero-order valence-corrected chi connectivity index (χ0v) is 13.4. The van der Waals surface area contributed by atoms with Crippen LogP contribution in [0.2, 0.25) is 5.28 Å².